The van der Waals surface area contributed by atoms with Gasteiger partial charge in [-0.2, -0.15) is 0 Å². The predicted octanol–water partition coefficient (Wildman–Crippen LogP) is 4.25. The molecule has 2 heterocycles. The highest BCUT2D eigenvalue weighted by Crippen LogP contribution is 2.34. The van der Waals surface area contributed by atoms with E-state index in [4.69, 9.17) is 0 Å². The molecule has 1 aliphatic heterocycles. The van der Waals surface area contributed by atoms with Crippen molar-refractivity contribution in [3.8, 4) is 16.9 Å². The molecule has 10 nitrogen and oxygen atoms in total. The molecular weight excluding hydrogens is 562 g/mol. The minimum atomic E-state index is -3.77. The van der Waals surface area contributed by atoms with Gasteiger partial charge in [-0.25, -0.2) is 35.0 Å². The van der Waals surface area contributed by atoms with Crippen LogP contribution in [0.25, 0.3) is 16.9 Å². The number of nitrogens with one attached hydrogen (secondary N) is 2. The number of hydrogen-bond donors (Lipinski definition) is 2. The molecule has 0 atom stereocenters. The van der Waals surface area contributed by atoms with Gasteiger partial charge in [0.15, 0.2) is 0 Å². The van der Waals surface area contributed by atoms with E-state index >= 15 is 0 Å². The SMILES string of the molecule is CCS(=O)(=O)Nc1ccc(-n2cc(-c3cccc(S(=O)(=O)NC(C)(C)C)c3)nn2)c(N2CCC(C(F)F)CC2)c1. The first-order chi connectivity index (χ1) is 18.7. The Morgan fingerprint density at radius 2 is 1.73 bits per heavy atom. The van der Waals surface area contributed by atoms with Gasteiger partial charge in [0.1, 0.15) is 5.69 Å². The highest BCUT2D eigenvalue weighted by Gasteiger charge is 2.28. The summed E-state index contributed by atoms with van der Waals surface area (Å²) in [5.74, 6) is -0.785. The molecule has 2 N–H and O–H groups in total. The van der Waals surface area contributed by atoms with Crippen molar-refractivity contribution in [2.75, 3.05) is 28.5 Å². The number of piperidine rings is 1. The fraction of sp³-hybridized carbons (Fsp3) is 0.462. The maximum Gasteiger partial charge on any atom is 0.241 e. The van der Waals surface area contributed by atoms with E-state index in [1.165, 1.54) is 23.7 Å². The summed E-state index contributed by atoms with van der Waals surface area (Å²) in [6, 6.07) is 11.3. The van der Waals surface area contributed by atoms with Crippen molar-refractivity contribution in [3.63, 3.8) is 0 Å². The fourth-order valence-corrected chi connectivity index (χ4v) is 6.57. The molecule has 0 aliphatic carbocycles. The number of anilines is 2. The molecule has 1 fully saturated rings. The second kappa shape index (κ2) is 11.4. The van der Waals surface area contributed by atoms with E-state index < -0.39 is 37.9 Å². The zero-order valence-electron chi connectivity index (χ0n) is 22.8. The van der Waals surface area contributed by atoms with Gasteiger partial charge in [0, 0.05) is 30.1 Å². The normalized spacial score (nSPS) is 15.5. The molecule has 218 valence electrons. The topological polar surface area (TPSA) is 126 Å². The highest BCUT2D eigenvalue weighted by molar-refractivity contribution is 7.92. The Labute approximate surface area is 233 Å². The molecule has 4 rings (SSSR count). The minimum absolute atomic E-state index is 0.0876. The maximum absolute atomic E-state index is 13.3. The van der Waals surface area contributed by atoms with Crippen LogP contribution in [0.3, 0.4) is 0 Å². The molecular formula is C26H34F2N6O4S2. The van der Waals surface area contributed by atoms with Gasteiger partial charge in [0.2, 0.25) is 26.5 Å². The van der Waals surface area contributed by atoms with E-state index in [-0.39, 0.29) is 10.6 Å². The van der Waals surface area contributed by atoms with Gasteiger partial charge in [-0.1, -0.05) is 17.3 Å². The lowest BCUT2D eigenvalue weighted by atomic mass is 9.97. The summed E-state index contributed by atoms with van der Waals surface area (Å²) in [6.07, 6.45) is -0.146. The van der Waals surface area contributed by atoms with Crippen LogP contribution in [-0.2, 0) is 20.0 Å². The molecule has 1 aliphatic rings. The first-order valence-corrected chi connectivity index (χ1v) is 16.1. The van der Waals surface area contributed by atoms with Crippen molar-refractivity contribution >= 4 is 31.4 Å². The van der Waals surface area contributed by atoms with Crippen molar-refractivity contribution in [2.45, 2.75) is 57.4 Å². The van der Waals surface area contributed by atoms with Crippen LogP contribution in [0, 0.1) is 5.92 Å². The Morgan fingerprint density at radius 3 is 2.35 bits per heavy atom. The number of benzene rings is 2. The van der Waals surface area contributed by atoms with Gasteiger partial charge < -0.3 is 4.90 Å². The van der Waals surface area contributed by atoms with Gasteiger partial charge in [-0.3, -0.25) is 4.72 Å². The van der Waals surface area contributed by atoms with Crippen molar-refractivity contribution in [3.05, 3.63) is 48.7 Å². The smallest absolute Gasteiger partial charge is 0.241 e. The maximum atomic E-state index is 13.3. The molecule has 0 spiro atoms. The molecule has 0 amide bonds. The largest absolute Gasteiger partial charge is 0.370 e. The standard InChI is InChI=1S/C26H34F2N6O4S2/c1-5-39(35,36)30-20-9-10-23(24(16-20)33-13-11-18(12-14-33)25(27)28)34-17-22(29-32-34)19-7-6-8-21(15-19)40(37,38)31-26(2,3)4/h6-10,15-18,25,30-31H,5,11-14H2,1-4H3. The third-order valence-corrected chi connectivity index (χ3v) is 9.55. The van der Waals surface area contributed by atoms with Crippen molar-refractivity contribution in [2.24, 2.45) is 5.92 Å². The van der Waals surface area contributed by atoms with Gasteiger partial charge in [-0.05, 0) is 70.9 Å². The quantitative estimate of drug-likeness (QED) is 0.378. The Hall–Kier alpha value is -3.10. The number of rotatable bonds is 9. The van der Waals surface area contributed by atoms with Gasteiger partial charge in [0.25, 0.3) is 0 Å². The van der Waals surface area contributed by atoms with Crippen molar-refractivity contribution < 1.29 is 25.6 Å². The van der Waals surface area contributed by atoms with Gasteiger partial charge >= 0.3 is 0 Å². The number of nitrogens with zero attached hydrogens (tertiary/aromatic N) is 4. The van der Waals surface area contributed by atoms with E-state index in [2.05, 4.69) is 19.8 Å². The Bertz CT molecular complexity index is 1560. The van der Waals surface area contributed by atoms with E-state index in [9.17, 15) is 25.6 Å². The second-order valence-electron chi connectivity index (χ2n) is 10.8. The average Bonchev–Trinajstić information content (AvgIpc) is 3.37. The number of halogens is 2. The van der Waals surface area contributed by atoms with Crippen LogP contribution < -0.4 is 14.3 Å². The molecule has 1 aromatic heterocycles. The van der Waals surface area contributed by atoms with Gasteiger partial charge in [-0.15, -0.1) is 5.10 Å². The molecule has 40 heavy (non-hydrogen) atoms. The summed E-state index contributed by atoms with van der Waals surface area (Å²) in [7, 11) is -7.30. The van der Waals surface area contributed by atoms with Crippen LogP contribution >= 0.6 is 0 Å². The Morgan fingerprint density at radius 1 is 1.02 bits per heavy atom. The number of alkyl halides is 2. The molecule has 0 saturated carbocycles. The third-order valence-electron chi connectivity index (χ3n) is 6.49. The molecule has 3 aromatic rings. The lowest BCUT2D eigenvalue weighted by Crippen LogP contribution is -2.40. The molecule has 0 bridgehead atoms. The molecule has 0 radical (unpaired) electrons. The lowest BCUT2D eigenvalue weighted by molar-refractivity contribution is 0.0636. The third kappa shape index (κ3) is 7.15. The minimum Gasteiger partial charge on any atom is -0.370 e. The molecule has 1 saturated heterocycles. The lowest BCUT2D eigenvalue weighted by Gasteiger charge is -2.34. The van der Waals surface area contributed by atoms with E-state index in [0.29, 0.717) is 54.3 Å². The summed E-state index contributed by atoms with van der Waals surface area (Å²) in [5, 5.41) is 8.50. The zero-order chi connectivity index (χ0) is 29.3. The molecule has 2 aromatic carbocycles. The summed E-state index contributed by atoms with van der Waals surface area (Å²) in [5.41, 5.74) is 1.84. The van der Waals surface area contributed by atoms with E-state index in [1.807, 2.05) is 4.90 Å². The van der Waals surface area contributed by atoms with Crippen LogP contribution in [0.15, 0.2) is 53.6 Å². The Balaban J connectivity index is 1.69. The van der Waals surface area contributed by atoms with Crippen LogP contribution in [-0.4, -0.2) is 62.6 Å². The summed E-state index contributed by atoms with van der Waals surface area (Å²) < 4.78 is 83.3. The number of hydrogen-bond acceptors (Lipinski definition) is 7. The monoisotopic (exact) mass is 596 g/mol. The summed E-state index contributed by atoms with van der Waals surface area (Å²) in [4.78, 5) is 2.02. The van der Waals surface area contributed by atoms with E-state index in [0.717, 1.165) is 0 Å². The van der Waals surface area contributed by atoms with Crippen LogP contribution in [0.4, 0.5) is 20.2 Å². The number of sulfonamides is 2. The average molecular weight is 597 g/mol. The second-order valence-corrected chi connectivity index (χ2v) is 14.5. The molecule has 14 heteroatoms. The van der Waals surface area contributed by atoms with Crippen LogP contribution in [0.2, 0.25) is 0 Å². The first-order valence-electron chi connectivity index (χ1n) is 12.9. The van der Waals surface area contributed by atoms with Crippen molar-refractivity contribution in [1.29, 1.82) is 0 Å². The summed E-state index contributed by atoms with van der Waals surface area (Å²) >= 11 is 0. The van der Waals surface area contributed by atoms with Crippen LogP contribution in [0.5, 0.6) is 0 Å². The summed E-state index contributed by atoms with van der Waals surface area (Å²) in [6.45, 7) is 7.54. The first kappa shape index (κ1) is 29.9. The van der Waals surface area contributed by atoms with Crippen LogP contribution in [0.1, 0.15) is 40.5 Å². The zero-order valence-corrected chi connectivity index (χ0v) is 24.4. The predicted molar refractivity (Wildman–Crippen MR) is 151 cm³/mol. The number of aromatic nitrogens is 3. The fourth-order valence-electron chi connectivity index (χ4n) is 4.48. The van der Waals surface area contributed by atoms with Crippen molar-refractivity contribution in [1.82, 2.24) is 19.7 Å². The Kier molecular flexibility index (Phi) is 8.52. The molecule has 0 unspecified atom stereocenters. The highest BCUT2D eigenvalue weighted by atomic mass is 32.2. The van der Waals surface area contributed by atoms with E-state index in [1.54, 1.807) is 57.3 Å². The van der Waals surface area contributed by atoms with Gasteiger partial charge in [0.05, 0.1) is 33.9 Å².